The molecular weight excluding hydrogens is 214 g/mol. The second kappa shape index (κ2) is 4.90. The van der Waals surface area contributed by atoms with Crippen LogP contribution in [0.4, 0.5) is 5.95 Å². The third-order valence-corrected chi connectivity index (χ3v) is 2.89. The average molecular weight is 235 g/mol. The van der Waals surface area contributed by atoms with Gasteiger partial charge in [0.2, 0.25) is 11.8 Å². The van der Waals surface area contributed by atoms with E-state index in [0.717, 1.165) is 11.6 Å². The van der Waals surface area contributed by atoms with Crippen LogP contribution in [0, 0.1) is 12.8 Å². The first kappa shape index (κ1) is 12.1. The van der Waals surface area contributed by atoms with E-state index in [4.69, 9.17) is 4.74 Å². The zero-order valence-electron chi connectivity index (χ0n) is 11.0. The van der Waals surface area contributed by atoms with Crippen LogP contribution in [0.1, 0.15) is 39.3 Å². The molecule has 94 valence electrons. The molecule has 0 bridgehead atoms. The van der Waals surface area contributed by atoms with Crippen molar-refractivity contribution in [3.63, 3.8) is 0 Å². The van der Waals surface area contributed by atoms with Crippen LogP contribution >= 0.6 is 0 Å². The fraction of sp³-hybridized carbons (Fsp3) is 0.692. The van der Waals surface area contributed by atoms with E-state index in [1.165, 1.54) is 12.8 Å². The van der Waals surface area contributed by atoms with Crippen LogP contribution in [-0.4, -0.2) is 22.1 Å². The smallest absolute Gasteiger partial charge is 0.226 e. The number of nitrogens with zero attached hydrogens (tertiary/aromatic N) is 2. The minimum Gasteiger partial charge on any atom is -0.475 e. The van der Waals surface area contributed by atoms with Gasteiger partial charge in [0, 0.05) is 17.8 Å². The molecule has 4 heteroatoms. The highest BCUT2D eigenvalue weighted by Crippen LogP contribution is 2.28. The van der Waals surface area contributed by atoms with Gasteiger partial charge in [-0.15, -0.1) is 0 Å². The molecule has 1 aromatic heterocycles. The van der Waals surface area contributed by atoms with Crippen LogP contribution in [-0.2, 0) is 0 Å². The summed E-state index contributed by atoms with van der Waals surface area (Å²) >= 11 is 0. The van der Waals surface area contributed by atoms with Crippen LogP contribution in [0.3, 0.4) is 0 Å². The highest BCUT2D eigenvalue weighted by molar-refractivity contribution is 5.32. The van der Waals surface area contributed by atoms with E-state index in [2.05, 4.69) is 22.2 Å². The van der Waals surface area contributed by atoms with Gasteiger partial charge in [0.05, 0.1) is 6.10 Å². The molecule has 1 aromatic rings. The molecule has 0 aromatic carbocycles. The molecule has 0 spiro atoms. The fourth-order valence-electron chi connectivity index (χ4n) is 2.11. The van der Waals surface area contributed by atoms with E-state index in [1.54, 1.807) is 0 Å². The summed E-state index contributed by atoms with van der Waals surface area (Å²) in [6.45, 7) is 8.22. The van der Waals surface area contributed by atoms with Gasteiger partial charge < -0.3 is 10.1 Å². The molecule has 0 aliphatic heterocycles. The van der Waals surface area contributed by atoms with Gasteiger partial charge in [-0.1, -0.05) is 6.92 Å². The normalized spacial score (nSPS) is 23.4. The van der Waals surface area contributed by atoms with E-state index in [0.29, 0.717) is 17.9 Å². The zero-order valence-corrected chi connectivity index (χ0v) is 11.0. The predicted octanol–water partition coefficient (Wildman–Crippen LogP) is 2.78. The summed E-state index contributed by atoms with van der Waals surface area (Å²) in [7, 11) is 0. The first-order valence-corrected chi connectivity index (χ1v) is 6.32. The highest BCUT2D eigenvalue weighted by Gasteiger charge is 2.25. The molecule has 2 rings (SSSR count). The van der Waals surface area contributed by atoms with Crippen molar-refractivity contribution >= 4 is 5.95 Å². The van der Waals surface area contributed by atoms with Crippen LogP contribution < -0.4 is 10.1 Å². The minimum absolute atomic E-state index is 0.140. The Morgan fingerprint density at radius 1 is 1.35 bits per heavy atom. The molecule has 1 N–H and O–H groups in total. The summed E-state index contributed by atoms with van der Waals surface area (Å²) in [4.78, 5) is 8.76. The number of aryl methyl sites for hydroxylation is 1. The summed E-state index contributed by atoms with van der Waals surface area (Å²) in [6.07, 6.45) is 2.55. The van der Waals surface area contributed by atoms with Gasteiger partial charge in [-0.05, 0) is 39.5 Å². The molecule has 0 saturated heterocycles. The average Bonchev–Trinajstić information content (AvgIpc) is 2.12. The Balaban J connectivity index is 2.03. The van der Waals surface area contributed by atoms with Crippen molar-refractivity contribution < 1.29 is 4.74 Å². The molecule has 0 radical (unpaired) electrons. The number of nitrogens with one attached hydrogen (secondary N) is 1. The number of ether oxygens (including phenoxy) is 1. The van der Waals surface area contributed by atoms with Crippen molar-refractivity contribution in [3.05, 3.63) is 11.8 Å². The van der Waals surface area contributed by atoms with Gasteiger partial charge in [-0.2, -0.15) is 4.98 Å². The Hall–Kier alpha value is -1.32. The Bertz CT molecular complexity index is 386. The van der Waals surface area contributed by atoms with Gasteiger partial charge in [0.15, 0.2) is 0 Å². The standard InChI is InChI=1S/C13H21N3O/c1-8(2)17-12-7-10(4)14-13(16-12)15-11-5-9(3)6-11/h7-9,11H,5-6H2,1-4H3,(H,14,15,16). The van der Waals surface area contributed by atoms with E-state index in [1.807, 2.05) is 26.8 Å². The third kappa shape index (κ3) is 3.32. The van der Waals surface area contributed by atoms with E-state index in [9.17, 15) is 0 Å². The Labute approximate surface area is 103 Å². The molecule has 4 nitrogen and oxygen atoms in total. The molecule has 1 aliphatic rings. The molecule has 0 atom stereocenters. The topological polar surface area (TPSA) is 47.0 Å². The van der Waals surface area contributed by atoms with Crippen molar-refractivity contribution in [3.8, 4) is 5.88 Å². The van der Waals surface area contributed by atoms with Crippen molar-refractivity contribution in [1.82, 2.24) is 9.97 Å². The maximum Gasteiger partial charge on any atom is 0.226 e. The number of aromatic nitrogens is 2. The molecule has 1 aliphatic carbocycles. The molecule has 0 amide bonds. The number of rotatable bonds is 4. The van der Waals surface area contributed by atoms with Gasteiger partial charge in [-0.25, -0.2) is 4.98 Å². The Morgan fingerprint density at radius 3 is 2.65 bits per heavy atom. The second-order valence-corrected chi connectivity index (χ2v) is 5.26. The van der Waals surface area contributed by atoms with E-state index < -0.39 is 0 Å². The first-order chi connectivity index (χ1) is 8.02. The van der Waals surface area contributed by atoms with Crippen LogP contribution in [0.15, 0.2) is 6.07 Å². The maximum absolute atomic E-state index is 5.60. The molecule has 1 heterocycles. The van der Waals surface area contributed by atoms with Crippen molar-refractivity contribution in [2.45, 2.75) is 52.7 Å². The number of hydrogen-bond acceptors (Lipinski definition) is 4. The summed E-state index contributed by atoms with van der Waals surface area (Å²) < 4.78 is 5.60. The predicted molar refractivity (Wildman–Crippen MR) is 68.3 cm³/mol. The molecule has 17 heavy (non-hydrogen) atoms. The maximum atomic E-state index is 5.60. The lowest BCUT2D eigenvalue weighted by Gasteiger charge is -2.33. The molecule has 0 unspecified atom stereocenters. The SMILES string of the molecule is Cc1cc(OC(C)C)nc(NC2CC(C)C2)n1. The summed E-state index contributed by atoms with van der Waals surface area (Å²) in [5.41, 5.74) is 0.936. The highest BCUT2D eigenvalue weighted by atomic mass is 16.5. The summed E-state index contributed by atoms with van der Waals surface area (Å²) in [5, 5.41) is 3.36. The largest absolute Gasteiger partial charge is 0.475 e. The lowest BCUT2D eigenvalue weighted by atomic mass is 9.82. The Morgan fingerprint density at radius 2 is 2.06 bits per heavy atom. The van der Waals surface area contributed by atoms with Gasteiger partial charge in [0.1, 0.15) is 0 Å². The van der Waals surface area contributed by atoms with Crippen LogP contribution in [0.5, 0.6) is 5.88 Å². The molecule has 1 saturated carbocycles. The fourth-order valence-corrected chi connectivity index (χ4v) is 2.11. The van der Waals surface area contributed by atoms with E-state index >= 15 is 0 Å². The summed E-state index contributed by atoms with van der Waals surface area (Å²) in [5.74, 6) is 2.17. The van der Waals surface area contributed by atoms with Gasteiger partial charge in [0.25, 0.3) is 0 Å². The van der Waals surface area contributed by atoms with Crippen LogP contribution in [0.25, 0.3) is 0 Å². The van der Waals surface area contributed by atoms with E-state index in [-0.39, 0.29) is 6.10 Å². The Kier molecular flexibility index (Phi) is 3.50. The zero-order chi connectivity index (χ0) is 12.4. The third-order valence-electron chi connectivity index (χ3n) is 2.89. The molecule has 1 fully saturated rings. The summed E-state index contributed by atoms with van der Waals surface area (Å²) in [6, 6.07) is 2.40. The lowest BCUT2D eigenvalue weighted by molar-refractivity contribution is 0.232. The quantitative estimate of drug-likeness (QED) is 0.871. The van der Waals surface area contributed by atoms with Crippen LogP contribution in [0.2, 0.25) is 0 Å². The first-order valence-electron chi connectivity index (χ1n) is 6.32. The van der Waals surface area contributed by atoms with Crippen molar-refractivity contribution in [1.29, 1.82) is 0 Å². The monoisotopic (exact) mass is 235 g/mol. The van der Waals surface area contributed by atoms with Crippen molar-refractivity contribution in [2.24, 2.45) is 5.92 Å². The second-order valence-electron chi connectivity index (χ2n) is 5.26. The lowest BCUT2D eigenvalue weighted by Crippen LogP contribution is -2.34. The molecular formula is C13H21N3O. The van der Waals surface area contributed by atoms with Gasteiger partial charge >= 0.3 is 0 Å². The van der Waals surface area contributed by atoms with Gasteiger partial charge in [-0.3, -0.25) is 0 Å². The minimum atomic E-state index is 0.140. The number of anilines is 1. The number of hydrogen-bond donors (Lipinski definition) is 1. The van der Waals surface area contributed by atoms with Crippen molar-refractivity contribution in [2.75, 3.05) is 5.32 Å².